The Morgan fingerprint density at radius 2 is 1.65 bits per heavy atom. The van der Waals surface area contributed by atoms with Gasteiger partial charge in [0.05, 0.1) is 11.8 Å². The van der Waals surface area contributed by atoms with Crippen molar-refractivity contribution in [3.05, 3.63) is 36.4 Å². The van der Waals surface area contributed by atoms with Crippen LogP contribution in [0.2, 0.25) is 0 Å². The van der Waals surface area contributed by atoms with E-state index in [2.05, 4.69) is 5.32 Å². The van der Waals surface area contributed by atoms with E-state index in [9.17, 15) is 14.4 Å². The van der Waals surface area contributed by atoms with Gasteiger partial charge in [-0.3, -0.25) is 19.3 Å². The van der Waals surface area contributed by atoms with Crippen LogP contribution in [0, 0.1) is 11.8 Å². The van der Waals surface area contributed by atoms with Crippen LogP contribution in [0.25, 0.3) is 0 Å². The van der Waals surface area contributed by atoms with Crippen molar-refractivity contribution in [3.8, 4) is 0 Å². The zero-order valence-electron chi connectivity index (χ0n) is 15.3. The number of imide groups is 1. The number of carbonyl (C=O) groups is 3. The number of benzene rings is 1. The third-order valence-corrected chi connectivity index (χ3v) is 5.05. The molecule has 1 aliphatic heterocycles. The van der Waals surface area contributed by atoms with E-state index in [1.807, 2.05) is 55.4 Å². The van der Waals surface area contributed by atoms with Crippen LogP contribution in [0.1, 0.15) is 25.7 Å². The van der Waals surface area contributed by atoms with Crippen molar-refractivity contribution in [1.82, 2.24) is 4.90 Å². The van der Waals surface area contributed by atoms with Crippen molar-refractivity contribution in [2.24, 2.45) is 11.8 Å². The molecule has 0 radical (unpaired) electrons. The summed E-state index contributed by atoms with van der Waals surface area (Å²) in [5.41, 5.74) is 1.80. The highest BCUT2D eigenvalue weighted by Gasteiger charge is 2.46. The minimum absolute atomic E-state index is 0.0796. The predicted octanol–water partition coefficient (Wildman–Crippen LogP) is 2.42. The van der Waals surface area contributed by atoms with Crippen LogP contribution in [-0.4, -0.2) is 43.3 Å². The largest absolute Gasteiger partial charge is 0.378 e. The molecule has 138 valence electrons. The summed E-state index contributed by atoms with van der Waals surface area (Å²) >= 11 is 0. The van der Waals surface area contributed by atoms with Crippen LogP contribution in [0.5, 0.6) is 0 Å². The van der Waals surface area contributed by atoms with E-state index < -0.39 is 0 Å². The summed E-state index contributed by atoms with van der Waals surface area (Å²) < 4.78 is 0. The highest BCUT2D eigenvalue weighted by molar-refractivity contribution is 6.05. The lowest BCUT2D eigenvalue weighted by Crippen LogP contribution is -2.32. The number of rotatable bonds is 6. The molecule has 1 aromatic rings. The van der Waals surface area contributed by atoms with Gasteiger partial charge in [0.2, 0.25) is 17.7 Å². The van der Waals surface area contributed by atoms with Gasteiger partial charge in [-0.25, -0.2) is 0 Å². The molecule has 0 saturated carbocycles. The molecule has 1 heterocycles. The van der Waals surface area contributed by atoms with Crippen LogP contribution in [-0.2, 0) is 14.4 Å². The van der Waals surface area contributed by atoms with Gasteiger partial charge in [0, 0.05) is 38.4 Å². The fourth-order valence-electron chi connectivity index (χ4n) is 3.55. The molecule has 0 spiro atoms. The van der Waals surface area contributed by atoms with E-state index in [4.69, 9.17) is 0 Å². The van der Waals surface area contributed by atoms with Crippen molar-refractivity contribution < 1.29 is 14.4 Å². The van der Waals surface area contributed by atoms with Gasteiger partial charge in [-0.1, -0.05) is 12.2 Å². The summed E-state index contributed by atoms with van der Waals surface area (Å²) in [6, 6.07) is 7.59. The first-order chi connectivity index (χ1) is 12.5. The summed E-state index contributed by atoms with van der Waals surface area (Å²) in [5, 5.41) is 2.85. The monoisotopic (exact) mass is 355 g/mol. The average molecular weight is 355 g/mol. The van der Waals surface area contributed by atoms with Gasteiger partial charge in [0.15, 0.2) is 0 Å². The molecule has 2 atom stereocenters. The Morgan fingerprint density at radius 1 is 1.08 bits per heavy atom. The number of hydrogen-bond donors (Lipinski definition) is 1. The molecule has 1 fully saturated rings. The smallest absolute Gasteiger partial charge is 0.233 e. The summed E-state index contributed by atoms with van der Waals surface area (Å²) in [7, 11) is 3.92. The number of fused-ring (bicyclic) bond motifs is 1. The lowest BCUT2D eigenvalue weighted by molar-refractivity contribution is -0.140. The van der Waals surface area contributed by atoms with Gasteiger partial charge in [0.25, 0.3) is 0 Å². The lowest BCUT2D eigenvalue weighted by Gasteiger charge is -2.15. The molecular weight excluding hydrogens is 330 g/mol. The van der Waals surface area contributed by atoms with Crippen LogP contribution in [0.4, 0.5) is 11.4 Å². The third-order valence-electron chi connectivity index (χ3n) is 5.05. The van der Waals surface area contributed by atoms with Crippen molar-refractivity contribution in [2.75, 3.05) is 30.9 Å². The fraction of sp³-hybridized carbons (Fsp3) is 0.450. The second-order valence-electron chi connectivity index (χ2n) is 7.08. The summed E-state index contributed by atoms with van der Waals surface area (Å²) in [6.45, 7) is 0.317. The second-order valence-corrected chi connectivity index (χ2v) is 7.08. The summed E-state index contributed by atoms with van der Waals surface area (Å²) in [5.74, 6) is -0.665. The van der Waals surface area contributed by atoms with Gasteiger partial charge in [0.1, 0.15) is 0 Å². The van der Waals surface area contributed by atoms with E-state index in [1.54, 1.807) is 0 Å². The number of carbonyl (C=O) groups excluding carboxylic acids is 3. The molecule has 0 bridgehead atoms. The minimum Gasteiger partial charge on any atom is -0.378 e. The van der Waals surface area contributed by atoms with E-state index in [0.717, 1.165) is 11.4 Å². The van der Waals surface area contributed by atoms with Crippen LogP contribution < -0.4 is 10.2 Å². The molecule has 1 aromatic carbocycles. The van der Waals surface area contributed by atoms with Crippen LogP contribution in [0.15, 0.2) is 36.4 Å². The molecule has 1 N–H and O–H groups in total. The number of nitrogens with one attached hydrogen (secondary N) is 1. The van der Waals surface area contributed by atoms with Crippen molar-refractivity contribution in [1.29, 1.82) is 0 Å². The maximum absolute atomic E-state index is 12.4. The molecular formula is C20H25N3O3. The zero-order valence-corrected chi connectivity index (χ0v) is 15.3. The van der Waals surface area contributed by atoms with Gasteiger partial charge < -0.3 is 10.2 Å². The molecule has 0 aromatic heterocycles. The number of allylic oxidation sites excluding steroid dienone is 2. The lowest BCUT2D eigenvalue weighted by atomic mass is 9.85. The van der Waals surface area contributed by atoms with Crippen molar-refractivity contribution in [2.45, 2.75) is 25.7 Å². The van der Waals surface area contributed by atoms with E-state index >= 15 is 0 Å². The van der Waals surface area contributed by atoms with Gasteiger partial charge >= 0.3 is 0 Å². The quantitative estimate of drug-likeness (QED) is 0.628. The van der Waals surface area contributed by atoms with Gasteiger partial charge in [-0.05, 0) is 43.5 Å². The van der Waals surface area contributed by atoms with E-state index in [-0.39, 0.29) is 36.0 Å². The van der Waals surface area contributed by atoms with Crippen LogP contribution in [0.3, 0.4) is 0 Å². The molecule has 3 amide bonds. The van der Waals surface area contributed by atoms with Crippen LogP contribution >= 0.6 is 0 Å². The predicted molar refractivity (Wildman–Crippen MR) is 101 cm³/mol. The normalized spacial score (nSPS) is 21.7. The van der Waals surface area contributed by atoms with Gasteiger partial charge in [-0.15, -0.1) is 0 Å². The molecule has 0 unspecified atom stereocenters. The summed E-state index contributed by atoms with van der Waals surface area (Å²) in [4.78, 5) is 40.2. The maximum Gasteiger partial charge on any atom is 0.233 e. The second kappa shape index (κ2) is 7.72. The molecule has 1 saturated heterocycles. The standard InChI is InChI=1S/C20H25N3O3/c1-22(2)15-11-9-14(10-12-15)21-18(24)8-5-13-23-19(25)16-6-3-4-7-17(16)20(23)26/h3-4,9-12,16-17H,5-8,13H2,1-2H3,(H,21,24)/t16-,17+. The Kier molecular flexibility index (Phi) is 5.40. The van der Waals surface area contributed by atoms with Crippen molar-refractivity contribution >= 4 is 29.1 Å². The zero-order chi connectivity index (χ0) is 18.7. The number of hydrogen-bond acceptors (Lipinski definition) is 4. The Morgan fingerprint density at radius 3 is 2.19 bits per heavy atom. The first-order valence-electron chi connectivity index (χ1n) is 9.05. The number of likely N-dealkylation sites (tertiary alicyclic amines) is 1. The number of amides is 3. The van der Waals surface area contributed by atoms with Crippen molar-refractivity contribution in [3.63, 3.8) is 0 Å². The first-order valence-corrected chi connectivity index (χ1v) is 9.05. The Balaban J connectivity index is 1.46. The molecule has 1 aliphatic carbocycles. The molecule has 3 rings (SSSR count). The first kappa shape index (κ1) is 18.2. The SMILES string of the molecule is CN(C)c1ccc(NC(=O)CCCN2C(=O)[C@H]3CC=CC[C@H]3C2=O)cc1. The number of anilines is 2. The Bertz CT molecular complexity index is 698. The Hall–Kier alpha value is -2.63. The highest BCUT2D eigenvalue weighted by Crippen LogP contribution is 2.35. The molecule has 26 heavy (non-hydrogen) atoms. The Labute approximate surface area is 153 Å². The fourth-order valence-corrected chi connectivity index (χ4v) is 3.55. The molecule has 2 aliphatic rings. The maximum atomic E-state index is 12.4. The molecule has 6 heteroatoms. The number of nitrogens with zero attached hydrogens (tertiary/aromatic N) is 2. The van der Waals surface area contributed by atoms with Gasteiger partial charge in [-0.2, -0.15) is 0 Å². The van der Waals surface area contributed by atoms with E-state index in [1.165, 1.54) is 4.90 Å². The third kappa shape index (κ3) is 3.79. The van der Waals surface area contributed by atoms with E-state index in [0.29, 0.717) is 25.8 Å². The average Bonchev–Trinajstić information content (AvgIpc) is 2.87. The molecule has 6 nitrogen and oxygen atoms in total. The minimum atomic E-state index is -0.198. The topological polar surface area (TPSA) is 69.7 Å². The summed E-state index contributed by atoms with van der Waals surface area (Å²) in [6.07, 6.45) is 6.01. The highest BCUT2D eigenvalue weighted by atomic mass is 16.2.